The second-order valence-corrected chi connectivity index (χ2v) is 6.54. The van der Waals surface area contributed by atoms with Gasteiger partial charge in [-0.1, -0.05) is 54.6 Å². The summed E-state index contributed by atoms with van der Waals surface area (Å²) in [6.07, 6.45) is 0. The number of rotatable bonds is 0. The summed E-state index contributed by atoms with van der Waals surface area (Å²) in [5.74, 6) is 0. The Morgan fingerprint density at radius 2 is 1.24 bits per heavy atom. The minimum absolute atomic E-state index is 1.31. The zero-order valence-electron chi connectivity index (χ0n) is 11.3. The minimum Gasteiger partial charge on any atom is -0.135 e. The van der Waals surface area contributed by atoms with Crippen LogP contribution in [0.2, 0.25) is 0 Å². The first-order valence-corrected chi connectivity index (χ1v) is 7.94. The quantitative estimate of drug-likeness (QED) is 0.290. The molecule has 0 aliphatic carbocycles. The number of thiophene rings is 1. The van der Waals surface area contributed by atoms with E-state index in [9.17, 15) is 0 Å². The Morgan fingerprint density at radius 3 is 2.19 bits per heavy atom. The number of benzene rings is 4. The van der Waals surface area contributed by atoms with E-state index in [1.165, 1.54) is 41.7 Å². The first-order chi connectivity index (χ1) is 10.4. The van der Waals surface area contributed by atoms with E-state index in [2.05, 4.69) is 72.8 Å². The van der Waals surface area contributed by atoms with Crippen LogP contribution < -0.4 is 0 Å². The fraction of sp³-hybridized carbons (Fsp3) is 0. The zero-order chi connectivity index (χ0) is 13.8. The Morgan fingerprint density at radius 1 is 0.476 bits per heavy atom. The first-order valence-electron chi connectivity index (χ1n) is 7.13. The van der Waals surface area contributed by atoms with E-state index >= 15 is 0 Å². The van der Waals surface area contributed by atoms with Crippen LogP contribution in [-0.2, 0) is 0 Å². The zero-order valence-corrected chi connectivity index (χ0v) is 12.2. The van der Waals surface area contributed by atoms with Crippen LogP contribution in [0.4, 0.5) is 0 Å². The van der Waals surface area contributed by atoms with Gasteiger partial charge in [0.05, 0.1) is 0 Å². The Balaban J connectivity index is 2.06. The Labute approximate surface area is 126 Å². The molecule has 0 nitrogen and oxygen atoms in total. The number of hydrogen-bond acceptors (Lipinski definition) is 1. The molecule has 0 aliphatic heterocycles. The lowest BCUT2D eigenvalue weighted by atomic mass is 10.00. The van der Waals surface area contributed by atoms with Gasteiger partial charge in [-0.25, -0.2) is 0 Å². The lowest BCUT2D eigenvalue weighted by molar-refractivity contribution is 1.80. The van der Waals surface area contributed by atoms with E-state index in [1.54, 1.807) is 0 Å². The van der Waals surface area contributed by atoms with Crippen molar-refractivity contribution in [1.29, 1.82) is 0 Å². The summed E-state index contributed by atoms with van der Waals surface area (Å²) in [5.41, 5.74) is 0. The largest absolute Gasteiger partial charge is 0.135 e. The summed E-state index contributed by atoms with van der Waals surface area (Å²) in [6.45, 7) is 0. The maximum absolute atomic E-state index is 2.37. The van der Waals surface area contributed by atoms with Gasteiger partial charge in [-0.3, -0.25) is 0 Å². The predicted molar refractivity (Wildman–Crippen MR) is 94.3 cm³/mol. The highest BCUT2D eigenvalue weighted by Gasteiger charge is 2.07. The summed E-state index contributed by atoms with van der Waals surface area (Å²) >= 11 is 1.88. The maximum Gasteiger partial charge on any atom is 0.0361 e. The molecule has 0 unspecified atom stereocenters. The molecule has 0 spiro atoms. The normalized spacial score (nSPS) is 11.8. The van der Waals surface area contributed by atoms with Crippen molar-refractivity contribution < 1.29 is 0 Å². The van der Waals surface area contributed by atoms with Gasteiger partial charge in [0, 0.05) is 20.2 Å². The molecule has 0 atom stereocenters. The second-order valence-electron chi connectivity index (χ2n) is 5.45. The molecule has 5 aromatic rings. The predicted octanol–water partition coefficient (Wildman–Crippen LogP) is 6.36. The lowest BCUT2D eigenvalue weighted by Gasteiger charge is -2.04. The third kappa shape index (κ3) is 1.55. The lowest BCUT2D eigenvalue weighted by Crippen LogP contribution is -1.77. The Bertz CT molecular complexity index is 1130. The van der Waals surface area contributed by atoms with Crippen molar-refractivity contribution >= 4 is 53.1 Å². The van der Waals surface area contributed by atoms with E-state index in [-0.39, 0.29) is 0 Å². The molecule has 0 saturated heterocycles. The topological polar surface area (TPSA) is 0 Å². The Kier molecular flexibility index (Phi) is 2.18. The van der Waals surface area contributed by atoms with Crippen molar-refractivity contribution in [3.05, 3.63) is 72.8 Å². The SMILES string of the molecule is c1ccc2c(c1)ccc1cc3sc4ccccc4c3cc12. The molecular formula is C20H12S. The van der Waals surface area contributed by atoms with Gasteiger partial charge in [-0.2, -0.15) is 0 Å². The molecule has 0 aliphatic rings. The monoisotopic (exact) mass is 284 g/mol. The van der Waals surface area contributed by atoms with Crippen molar-refractivity contribution in [2.45, 2.75) is 0 Å². The molecule has 0 N–H and O–H groups in total. The number of hydrogen-bond donors (Lipinski definition) is 0. The van der Waals surface area contributed by atoms with Gasteiger partial charge in [0.15, 0.2) is 0 Å². The van der Waals surface area contributed by atoms with Gasteiger partial charge >= 0.3 is 0 Å². The molecule has 0 saturated carbocycles. The average Bonchev–Trinajstić information content (AvgIpc) is 2.90. The minimum atomic E-state index is 1.31. The van der Waals surface area contributed by atoms with Crippen molar-refractivity contribution in [1.82, 2.24) is 0 Å². The van der Waals surface area contributed by atoms with Crippen LogP contribution in [0, 0.1) is 0 Å². The molecular weight excluding hydrogens is 272 g/mol. The fourth-order valence-corrected chi connectivity index (χ4v) is 4.36. The van der Waals surface area contributed by atoms with Crippen LogP contribution in [0.5, 0.6) is 0 Å². The molecule has 98 valence electrons. The molecule has 0 bridgehead atoms. The number of fused-ring (bicyclic) bond motifs is 6. The summed E-state index contributed by atoms with van der Waals surface area (Å²) < 4.78 is 2.74. The molecule has 0 radical (unpaired) electrons. The highest BCUT2D eigenvalue weighted by molar-refractivity contribution is 7.25. The molecule has 0 fully saturated rings. The van der Waals surface area contributed by atoms with Gasteiger partial charge in [0.2, 0.25) is 0 Å². The average molecular weight is 284 g/mol. The second kappa shape index (κ2) is 4.06. The van der Waals surface area contributed by atoms with E-state index in [1.807, 2.05) is 11.3 Å². The summed E-state index contributed by atoms with van der Waals surface area (Å²) in [7, 11) is 0. The van der Waals surface area contributed by atoms with Crippen LogP contribution in [0.25, 0.3) is 41.7 Å². The molecule has 1 aromatic heterocycles. The van der Waals surface area contributed by atoms with Crippen LogP contribution in [0.1, 0.15) is 0 Å². The van der Waals surface area contributed by atoms with E-state index < -0.39 is 0 Å². The third-order valence-corrected chi connectivity index (χ3v) is 5.38. The van der Waals surface area contributed by atoms with Gasteiger partial charge in [-0.15, -0.1) is 11.3 Å². The first kappa shape index (κ1) is 11.3. The molecule has 1 heterocycles. The van der Waals surface area contributed by atoms with Crippen molar-refractivity contribution in [2.24, 2.45) is 0 Å². The summed E-state index contributed by atoms with van der Waals surface area (Å²) in [6, 6.07) is 26.5. The fourth-order valence-electron chi connectivity index (χ4n) is 3.23. The molecule has 0 amide bonds. The molecule has 4 aromatic carbocycles. The van der Waals surface area contributed by atoms with Crippen molar-refractivity contribution in [3.63, 3.8) is 0 Å². The van der Waals surface area contributed by atoms with E-state index in [4.69, 9.17) is 0 Å². The summed E-state index contributed by atoms with van der Waals surface area (Å²) in [4.78, 5) is 0. The van der Waals surface area contributed by atoms with Crippen LogP contribution in [0.15, 0.2) is 72.8 Å². The molecule has 1 heteroatoms. The molecule has 5 rings (SSSR count). The van der Waals surface area contributed by atoms with Gasteiger partial charge in [0.25, 0.3) is 0 Å². The third-order valence-electron chi connectivity index (χ3n) is 4.24. The van der Waals surface area contributed by atoms with Crippen LogP contribution >= 0.6 is 11.3 Å². The summed E-state index contributed by atoms with van der Waals surface area (Å²) in [5, 5.41) is 8.07. The van der Waals surface area contributed by atoms with Crippen LogP contribution in [0.3, 0.4) is 0 Å². The highest BCUT2D eigenvalue weighted by Crippen LogP contribution is 2.37. The maximum atomic E-state index is 2.37. The van der Waals surface area contributed by atoms with Crippen molar-refractivity contribution in [3.8, 4) is 0 Å². The Hall–Kier alpha value is -2.38. The van der Waals surface area contributed by atoms with Gasteiger partial charge in [-0.05, 0) is 39.7 Å². The van der Waals surface area contributed by atoms with Gasteiger partial charge < -0.3 is 0 Å². The van der Waals surface area contributed by atoms with Crippen molar-refractivity contribution in [2.75, 3.05) is 0 Å². The van der Waals surface area contributed by atoms with Crippen LogP contribution in [-0.4, -0.2) is 0 Å². The van der Waals surface area contributed by atoms with E-state index in [0.29, 0.717) is 0 Å². The highest BCUT2D eigenvalue weighted by atomic mass is 32.1. The smallest absolute Gasteiger partial charge is 0.0361 e. The molecule has 21 heavy (non-hydrogen) atoms. The standard InChI is InChI=1S/C20H12S/c1-2-6-15-13(5-1)9-10-14-11-20-18(12-17(14)15)16-7-3-4-8-19(16)21-20/h1-12H. The van der Waals surface area contributed by atoms with E-state index in [0.717, 1.165) is 0 Å². The van der Waals surface area contributed by atoms with Gasteiger partial charge in [0.1, 0.15) is 0 Å².